The summed E-state index contributed by atoms with van der Waals surface area (Å²) in [6.45, 7) is 4.69. The number of fused-ring (bicyclic) bond motifs is 1. The fourth-order valence-electron chi connectivity index (χ4n) is 5.57. The van der Waals surface area contributed by atoms with Gasteiger partial charge in [0.05, 0.1) is 13.2 Å². The van der Waals surface area contributed by atoms with Gasteiger partial charge in [-0.2, -0.15) is 8.78 Å². The van der Waals surface area contributed by atoms with E-state index in [9.17, 15) is 8.78 Å². The fourth-order valence-corrected chi connectivity index (χ4v) is 5.57. The predicted octanol–water partition coefficient (Wildman–Crippen LogP) is 7.30. The smallest absolute Gasteiger partial charge is 0.204 e. The lowest BCUT2D eigenvalue weighted by Crippen LogP contribution is -2.32. The molecule has 0 aliphatic heterocycles. The summed E-state index contributed by atoms with van der Waals surface area (Å²) in [6.07, 6.45) is 8.32. The Morgan fingerprint density at radius 3 is 2.10 bits per heavy atom. The summed E-state index contributed by atoms with van der Waals surface area (Å²) in [6, 6.07) is 12.1. The van der Waals surface area contributed by atoms with Crippen LogP contribution >= 0.6 is 0 Å². The van der Waals surface area contributed by atoms with Crippen LogP contribution in [0.3, 0.4) is 0 Å². The van der Waals surface area contributed by atoms with Crippen molar-refractivity contribution in [1.29, 1.82) is 0 Å². The zero-order valence-corrected chi connectivity index (χ0v) is 18.7. The van der Waals surface area contributed by atoms with Gasteiger partial charge in [0, 0.05) is 0 Å². The van der Waals surface area contributed by atoms with Crippen LogP contribution in [-0.2, 0) is 6.42 Å². The number of aryl methyl sites for hydroxylation is 1. The Kier molecular flexibility index (Phi) is 7.14. The Morgan fingerprint density at radius 2 is 1.42 bits per heavy atom. The van der Waals surface area contributed by atoms with Crippen LogP contribution in [-0.4, -0.2) is 13.2 Å². The van der Waals surface area contributed by atoms with E-state index in [0.717, 1.165) is 31.1 Å². The van der Waals surface area contributed by atoms with Gasteiger partial charge in [0.1, 0.15) is 0 Å². The highest BCUT2D eigenvalue weighted by Crippen LogP contribution is 2.47. The maximum Gasteiger partial charge on any atom is 0.204 e. The van der Waals surface area contributed by atoms with Crippen molar-refractivity contribution < 1.29 is 18.3 Å². The van der Waals surface area contributed by atoms with Crippen molar-refractivity contribution in [2.45, 2.75) is 64.7 Å². The van der Waals surface area contributed by atoms with E-state index in [-0.39, 0.29) is 11.5 Å². The molecule has 2 aliphatic rings. The van der Waals surface area contributed by atoms with Gasteiger partial charge in [-0.25, -0.2) is 0 Å². The third-order valence-corrected chi connectivity index (χ3v) is 7.37. The van der Waals surface area contributed by atoms with Gasteiger partial charge in [0.2, 0.25) is 11.6 Å². The first-order valence-electron chi connectivity index (χ1n) is 11.9. The Balaban J connectivity index is 1.30. The van der Waals surface area contributed by atoms with Gasteiger partial charge < -0.3 is 9.47 Å². The summed E-state index contributed by atoms with van der Waals surface area (Å²) in [7, 11) is 0. The highest BCUT2D eigenvalue weighted by atomic mass is 19.2. The molecule has 2 aliphatic carbocycles. The monoisotopic (exact) mass is 428 g/mol. The summed E-state index contributed by atoms with van der Waals surface area (Å²) in [5, 5.41) is 0. The molecule has 168 valence electrons. The molecule has 0 N–H and O–H groups in total. The second-order valence-corrected chi connectivity index (χ2v) is 9.24. The number of benzene rings is 2. The maximum atomic E-state index is 14.3. The molecule has 31 heavy (non-hydrogen) atoms. The van der Waals surface area contributed by atoms with E-state index in [4.69, 9.17) is 9.47 Å². The largest absolute Gasteiger partial charge is 0.491 e. The number of halogens is 2. The molecule has 2 fully saturated rings. The lowest BCUT2D eigenvalue weighted by atomic mass is 9.64. The SMILES string of the molecule is CCOc1ccc(OCC2CCC3CC(c4ccc(CC)cc4)CCC3C2)c(F)c1F. The number of ether oxygens (including phenoxy) is 2. The molecule has 0 bridgehead atoms. The van der Waals surface area contributed by atoms with Gasteiger partial charge in [-0.05, 0) is 98.8 Å². The van der Waals surface area contributed by atoms with Gasteiger partial charge >= 0.3 is 0 Å². The van der Waals surface area contributed by atoms with E-state index >= 15 is 0 Å². The molecule has 0 amide bonds. The average molecular weight is 429 g/mol. The van der Waals surface area contributed by atoms with Crippen molar-refractivity contribution in [3.05, 3.63) is 59.2 Å². The standard InChI is InChI=1S/C27H34F2O2/c1-3-18-5-8-20(9-6-18)22-12-11-21-15-19(7-10-23(21)16-22)17-31-25-14-13-24(30-4-2)26(28)27(25)29/h5-6,8-9,13-14,19,21-23H,3-4,7,10-12,15-17H2,1-2H3. The van der Waals surface area contributed by atoms with Crippen LogP contribution in [0.2, 0.25) is 0 Å². The van der Waals surface area contributed by atoms with Crippen LogP contribution in [0.15, 0.2) is 36.4 Å². The molecule has 0 aromatic heterocycles. The number of rotatable bonds is 7. The normalized spacial score (nSPS) is 25.7. The summed E-state index contributed by atoms with van der Waals surface area (Å²) >= 11 is 0. The zero-order chi connectivity index (χ0) is 21.8. The third kappa shape index (κ3) is 5.05. The second kappa shape index (κ2) is 10.0. The van der Waals surface area contributed by atoms with E-state index in [1.807, 2.05) is 0 Å². The molecule has 4 heteroatoms. The molecule has 0 spiro atoms. The molecule has 2 aromatic rings. The van der Waals surface area contributed by atoms with Crippen LogP contribution in [0.1, 0.15) is 69.4 Å². The minimum Gasteiger partial charge on any atom is -0.491 e. The molecule has 2 nitrogen and oxygen atoms in total. The first-order chi connectivity index (χ1) is 15.1. The van der Waals surface area contributed by atoms with Crippen molar-refractivity contribution >= 4 is 0 Å². The van der Waals surface area contributed by atoms with Crippen LogP contribution < -0.4 is 9.47 Å². The minimum atomic E-state index is -0.964. The minimum absolute atomic E-state index is 0.0117. The third-order valence-electron chi connectivity index (χ3n) is 7.37. The summed E-state index contributed by atoms with van der Waals surface area (Å²) < 4.78 is 39.2. The summed E-state index contributed by atoms with van der Waals surface area (Å²) in [4.78, 5) is 0. The number of hydrogen-bond donors (Lipinski definition) is 0. The lowest BCUT2D eigenvalue weighted by Gasteiger charge is -2.42. The van der Waals surface area contributed by atoms with Crippen molar-refractivity contribution in [3.8, 4) is 11.5 Å². The number of hydrogen-bond acceptors (Lipinski definition) is 2. The molecule has 2 saturated carbocycles. The van der Waals surface area contributed by atoms with Crippen molar-refractivity contribution in [1.82, 2.24) is 0 Å². The Labute approximate surface area is 185 Å². The van der Waals surface area contributed by atoms with Crippen LogP contribution in [0.25, 0.3) is 0 Å². The lowest BCUT2D eigenvalue weighted by molar-refractivity contribution is 0.0901. The predicted molar refractivity (Wildman–Crippen MR) is 120 cm³/mol. The van der Waals surface area contributed by atoms with Crippen LogP contribution in [0, 0.1) is 29.4 Å². The zero-order valence-electron chi connectivity index (χ0n) is 18.7. The fraction of sp³-hybridized carbons (Fsp3) is 0.556. The summed E-state index contributed by atoms with van der Waals surface area (Å²) in [5.74, 6) is 0.617. The van der Waals surface area contributed by atoms with Gasteiger partial charge in [0.15, 0.2) is 11.5 Å². The van der Waals surface area contributed by atoms with Crippen LogP contribution in [0.4, 0.5) is 8.78 Å². The first kappa shape index (κ1) is 22.1. The van der Waals surface area contributed by atoms with E-state index in [2.05, 4.69) is 31.2 Å². The average Bonchev–Trinajstić information content (AvgIpc) is 2.81. The molecule has 0 heterocycles. The van der Waals surface area contributed by atoms with Gasteiger partial charge in [0.25, 0.3) is 0 Å². The quantitative estimate of drug-likeness (QED) is 0.460. The van der Waals surface area contributed by atoms with Crippen molar-refractivity contribution in [3.63, 3.8) is 0 Å². The van der Waals surface area contributed by atoms with Crippen LogP contribution in [0.5, 0.6) is 11.5 Å². The summed E-state index contributed by atoms with van der Waals surface area (Å²) in [5.41, 5.74) is 2.90. The highest BCUT2D eigenvalue weighted by molar-refractivity contribution is 5.35. The van der Waals surface area contributed by atoms with E-state index in [1.54, 1.807) is 6.92 Å². The topological polar surface area (TPSA) is 18.5 Å². The molecule has 0 radical (unpaired) electrons. The molecular formula is C27H34F2O2. The van der Waals surface area contributed by atoms with Gasteiger partial charge in [-0.15, -0.1) is 0 Å². The van der Waals surface area contributed by atoms with Crippen molar-refractivity contribution in [2.24, 2.45) is 17.8 Å². The molecular weight excluding hydrogens is 394 g/mol. The Bertz CT molecular complexity index is 864. The van der Waals surface area contributed by atoms with Crippen molar-refractivity contribution in [2.75, 3.05) is 13.2 Å². The van der Waals surface area contributed by atoms with E-state index in [0.29, 0.717) is 25.0 Å². The van der Waals surface area contributed by atoms with E-state index < -0.39 is 11.6 Å². The maximum absolute atomic E-state index is 14.3. The highest BCUT2D eigenvalue weighted by Gasteiger charge is 2.36. The molecule has 4 atom stereocenters. The van der Waals surface area contributed by atoms with E-state index in [1.165, 1.54) is 48.9 Å². The van der Waals surface area contributed by atoms with Gasteiger partial charge in [-0.3, -0.25) is 0 Å². The molecule has 4 unspecified atom stereocenters. The molecule has 4 rings (SSSR count). The molecule has 0 saturated heterocycles. The molecule has 2 aromatic carbocycles. The first-order valence-corrected chi connectivity index (χ1v) is 11.9. The Morgan fingerprint density at radius 1 is 0.774 bits per heavy atom. The second-order valence-electron chi connectivity index (χ2n) is 9.24. The Hall–Kier alpha value is -2.10. The van der Waals surface area contributed by atoms with Gasteiger partial charge in [-0.1, -0.05) is 31.2 Å².